The van der Waals surface area contributed by atoms with Gasteiger partial charge in [0.2, 0.25) is 0 Å². The Morgan fingerprint density at radius 1 is 1.04 bits per heavy atom. The third-order valence-electron chi connectivity index (χ3n) is 7.42. The van der Waals surface area contributed by atoms with E-state index in [4.69, 9.17) is 0 Å². The molecule has 0 radical (unpaired) electrons. The van der Waals surface area contributed by atoms with Crippen molar-refractivity contribution in [2.75, 3.05) is 7.05 Å². The highest BCUT2D eigenvalue weighted by atomic mass is 35.5. The Hall–Kier alpha value is -0.530. The molecule has 1 nitrogen and oxygen atoms in total. The monoisotopic (exact) mass is 347 g/mol. The number of rotatable bonds is 4. The third-order valence-corrected chi connectivity index (χ3v) is 7.42. The Bertz CT molecular complexity index is 565. The average Bonchev–Trinajstić information content (AvgIpc) is 2.44. The molecule has 1 aromatic carbocycles. The summed E-state index contributed by atoms with van der Waals surface area (Å²) in [7, 11) is 2.13. The second-order valence-corrected chi connectivity index (χ2v) is 9.96. The van der Waals surface area contributed by atoms with Crippen molar-refractivity contribution >= 4 is 12.4 Å². The largest absolute Gasteiger partial charge is 0.317 e. The van der Waals surface area contributed by atoms with Gasteiger partial charge in [0, 0.05) is 6.04 Å². The van der Waals surface area contributed by atoms with Crippen LogP contribution in [0, 0.1) is 22.2 Å². The fraction of sp³-hybridized carbons (Fsp3) is 0.727. The molecule has 4 atom stereocenters. The molecule has 24 heavy (non-hydrogen) atoms. The van der Waals surface area contributed by atoms with Gasteiger partial charge in [-0.3, -0.25) is 0 Å². The van der Waals surface area contributed by atoms with Crippen molar-refractivity contribution in [2.45, 2.75) is 71.3 Å². The van der Waals surface area contributed by atoms with Gasteiger partial charge in [-0.05, 0) is 86.1 Å². The molecule has 4 aliphatic carbocycles. The normalized spacial score (nSPS) is 44.2. The lowest BCUT2D eigenvalue weighted by atomic mass is 9.35. The third kappa shape index (κ3) is 2.82. The van der Waals surface area contributed by atoms with E-state index in [0.717, 1.165) is 11.8 Å². The molecular weight excluding hydrogens is 314 g/mol. The van der Waals surface area contributed by atoms with Crippen LogP contribution in [0.2, 0.25) is 0 Å². The van der Waals surface area contributed by atoms with Crippen LogP contribution in [0.4, 0.5) is 0 Å². The maximum absolute atomic E-state index is 3.54. The number of hydrogen-bond acceptors (Lipinski definition) is 1. The fourth-order valence-electron chi connectivity index (χ4n) is 7.77. The van der Waals surface area contributed by atoms with Crippen molar-refractivity contribution in [3.63, 3.8) is 0 Å². The summed E-state index contributed by atoms with van der Waals surface area (Å²) < 4.78 is 0. The lowest BCUT2D eigenvalue weighted by Crippen LogP contribution is -2.59. The summed E-state index contributed by atoms with van der Waals surface area (Å²) in [6, 6.07) is 12.1. The molecule has 0 saturated heterocycles. The van der Waals surface area contributed by atoms with Crippen LogP contribution >= 0.6 is 12.4 Å². The summed E-state index contributed by atoms with van der Waals surface area (Å²) in [4.78, 5) is 0. The number of hydrogen-bond donors (Lipinski definition) is 1. The molecule has 0 aliphatic heterocycles. The molecule has 4 unspecified atom stereocenters. The van der Waals surface area contributed by atoms with Crippen molar-refractivity contribution in [3.05, 3.63) is 35.9 Å². The van der Waals surface area contributed by atoms with Crippen LogP contribution in [-0.2, 0) is 0 Å². The van der Waals surface area contributed by atoms with E-state index in [1.807, 2.05) is 0 Å². The van der Waals surface area contributed by atoms with E-state index >= 15 is 0 Å². The molecule has 134 valence electrons. The Labute approximate surface area is 154 Å². The van der Waals surface area contributed by atoms with E-state index in [1.165, 1.54) is 38.5 Å². The number of nitrogens with one attached hydrogen (secondary N) is 1. The first-order valence-corrected chi connectivity index (χ1v) is 9.59. The molecule has 1 N–H and O–H groups in total. The maximum atomic E-state index is 3.54. The summed E-state index contributed by atoms with van der Waals surface area (Å²) in [5, 5.41) is 3.54. The highest BCUT2D eigenvalue weighted by molar-refractivity contribution is 5.85. The van der Waals surface area contributed by atoms with Gasteiger partial charge in [-0.2, -0.15) is 0 Å². The molecule has 1 aromatic rings. The average molecular weight is 348 g/mol. The van der Waals surface area contributed by atoms with E-state index in [2.05, 4.69) is 63.5 Å². The van der Waals surface area contributed by atoms with Gasteiger partial charge in [0.05, 0.1) is 0 Å². The van der Waals surface area contributed by atoms with Gasteiger partial charge in [-0.1, -0.05) is 44.2 Å². The standard InChI is InChI=1S/C22H33N.ClH/c1-16(23-4)10-22-14-20(2)11-18(12-21(3,13-20)15-22)19(22)17-8-6-5-7-9-17;/h5-9,16,18-19,23H,10-15H2,1-4H3;1H. The first-order chi connectivity index (χ1) is 10.9. The van der Waals surface area contributed by atoms with Crippen molar-refractivity contribution < 1.29 is 0 Å². The zero-order valence-corrected chi connectivity index (χ0v) is 16.6. The zero-order valence-electron chi connectivity index (χ0n) is 15.8. The Morgan fingerprint density at radius 2 is 1.62 bits per heavy atom. The molecular formula is C22H34ClN. The second kappa shape index (κ2) is 6.02. The second-order valence-electron chi connectivity index (χ2n) is 9.96. The molecule has 4 aliphatic rings. The first-order valence-electron chi connectivity index (χ1n) is 9.59. The van der Waals surface area contributed by atoms with Gasteiger partial charge in [0.1, 0.15) is 0 Å². The molecule has 4 bridgehead atoms. The summed E-state index contributed by atoms with van der Waals surface area (Å²) in [5.74, 6) is 1.67. The highest BCUT2D eigenvalue weighted by Crippen LogP contribution is 2.74. The predicted octanol–water partition coefficient (Wildman–Crippen LogP) is 5.80. The zero-order chi connectivity index (χ0) is 16.3. The number of benzene rings is 1. The fourth-order valence-corrected chi connectivity index (χ4v) is 7.77. The highest BCUT2D eigenvalue weighted by Gasteiger charge is 2.64. The summed E-state index contributed by atoms with van der Waals surface area (Å²) in [6.07, 6.45) is 8.60. The topological polar surface area (TPSA) is 12.0 Å². The van der Waals surface area contributed by atoms with Crippen LogP contribution in [0.5, 0.6) is 0 Å². The summed E-state index contributed by atoms with van der Waals surface area (Å²) >= 11 is 0. The Kier molecular flexibility index (Phi) is 4.58. The van der Waals surface area contributed by atoms with Gasteiger partial charge in [-0.15, -0.1) is 12.4 Å². The minimum absolute atomic E-state index is 0. The maximum Gasteiger partial charge on any atom is 0.00412 e. The minimum Gasteiger partial charge on any atom is -0.317 e. The van der Waals surface area contributed by atoms with Crippen LogP contribution in [0.25, 0.3) is 0 Å². The van der Waals surface area contributed by atoms with Crippen LogP contribution in [-0.4, -0.2) is 13.1 Å². The molecule has 0 spiro atoms. The van der Waals surface area contributed by atoms with E-state index < -0.39 is 0 Å². The van der Waals surface area contributed by atoms with Crippen molar-refractivity contribution in [1.82, 2.24) is 5.32 Å². The predicted molar refractivity (Wildman–Crippen MR) is 105 cm³/mol. The van der Waals surface area contributed by atoms with E-state index in [1.54, 1.807) is 5.56 Å². The SMILES string of the molecule is CNC(C)CC12CC3(C)CC(CC(C)(C3)C1)C2c1ccccc1.Cl. The lowest BCUT2D eigenvalue weighted by molar-refractivity contribution is -0.165. The minimum atomic E-state index is 0. The summed E-state index contributed by atoms with van der Waals surface area (Å²) in [6.45, 7) is 7.57. The first kappa shape index (κ1) is 18.3. The summed E-state index contributed by atoms with van der Waals surface area (Å²) in [5.41, 5.74) is 3.31. The molecule has 4 saturated carbocycles. The van der Waals surface area contributed by atoms with Gasteiger partial charge in [-0.25, -0.2) is 0 Å². The Balaban J connectivity index is 0.00000169. The van der Waals surface area contributed by atoms with Gasteiger partial charge < -0.3 is 5.32 Å². The van der Waals surface area contributed by atoms with Crippen LogP contribution in [0.1, 0.15) is 70.8 Å². The van der Waals surface area contributed by atoms with Crippen LogP contribution in [0.3, 0.4) is 0 Å². The Morgan fingerprint density at radius 3 is 2.17 bits per heavy atom. The van der Waals surface area contributed by atoms with Crippen molar-refractivity contribution in [3.8, 4) is 0 Å². The van der Waals surface area contributed by atoms with Crippen LogP contribution < -0.4 is 5.32 Å². The van der Waals surface area contributed by atoms with Gasteiger partial charge >= 0.3 is 0 Å². The van der Waals surface area contributed by atoms with Gasteiger partial charge in [0.15, 0.2) is 0 Å². The number of halogens is 1. The van der Waals surface area contributed by atoms with E-state index in [0.29, 0.717) is 22.3 Å². The molecule has 4 fully saturated rings. The van der Waals surface area contributed by atoms with E-state index in [9.17, 15) is 0 Å². The smallest absolute Gasteiger partial charge is 0.00412 e. The van der Waals surface area contributed by atoms with Gasteiger partial charge in [0.25, 0.3) is 0 Å². The molecule has 2 heteroatoms. The van der Waals surface area contributed by atoms with Crippen molar-refractivity contribution in [2.24, 2.45) is 22.2 Å². The van der Waals surface area contributed by atoms with Crippen molar-refractivity contribution in [1.29, 1.82) is 0 Å². The molecule has 0 amide bonds. The molecule has 0 heterocycles. The lowest BCUT2D eigenvalue weighted by Gasteiger charge is -2.69. The quantitative estimate of drug-likeness (QED) is 0.726. The molecule has 0 aromatic heterocycles. The van der Waals surface area contributed by atoms with E-state index in [-0.39, 0.29) is 12.4 Å². The molecule has 5 rings (SSSR count). The van der Waals surface area contributed by atoms with Crippen LogP contribution in [0.15, 0.2) is 30.3 Å².